The Morgan fingerprint density at radius 2 is 2.11 bits per heavy atom. The summed E-state index contributed by atoms with van der Waals surface area (Å²) >= 11 is 0. The molecule has 2 N–H and O–H groups in total. The van der Waals surface area contributed by atoms with Gasteiger partial charge in [0.05, 0.1) is 5.52 Å². The number of rotatable bonds is 5. The van der Waals surface area contributed by atoms with Gasteiger partial charge in [-0.1, -0.05) is 18.2 Å². The highest BCUT2D eigenvalue weighted by Gasteiger charge is 2.07. The van der Waals surface area contributed by atoms with Crippen molar-refractivity contribution >= 4 is 16.8 Å². The summed E-state index contributed by atoms with van der Waals surface area (Å²) in [5, 5.41) is 1.21. The summed E-state index contributed by atoms with van der Waals surface area (Å²) in [7, 11) is 3.58. The second-order valence-corrected chi connectivity index (χ2v) is 4.96. The van der Waals surface area contributed by atoms with Crippen LogP contribution in [0.5, 0.6) is 0 Å². The maximum atomic E-state index is 11.6. The van der Waals surface area contributed by atoms with Crippen LogP contribution >= 0.6 is 0 Å². The van der Waals surface area contributed by atoms with E-state index >= 15 is 0 Å². The molecule has 0 atom stereocenters. The SMILES string of the molecule is CN(C)C(=O)CCCn1ccc2cccc(CN)c21. The van der Waals surface area contributed by atoms with Crippen LogP contribution in [0.3, 0.4) is 0 Å². The molecule has 1 amide bonds. The van der Waals surface area contributed by atoms with Gasteiger partial charge in [0.15, 0.2) is 0 Å². The third-order valence-corrected chi connectivity index (χ3v) is 3.38. The number of para-hydroxylation sites is 1. The fraction of sp³-hybridized carbons (Fsp3) is 0.400. The molecule has 102 valence electrons. The molecule has 4 nitrogen and oxygen atoms in total. The van der Waals surface area contributed by atoms with Crippen molar-refractivity contribution in [2.45, 2.75) is 25.9 Å². The number of nitrogens with two attached hydrogens (primary N) is 1. The molecule has 0 aliphatic carbocycles. The standard InChI is InChI=1S/C15H21N3O/c1-17(2)14(19)7-4-9-18-10-8-12-5-3-6-13(11-16)15(12)18/h3,5-6,8,10H,4,7,9,11,16H2,1-2H3. The Labute approximate surface area is 113 Å². The Balaban J connectivity index is 2.11. The Kier molecular flexibility index (Phi) is 4.22. The van der Waals surface area contributed by atoms with Crippen molar-refractivity contribution in [1.29, 1.82) is 0 Å². The van der Waals surface area contributed by atoms with E-state index in [0.717, 1.165) is 18.5 Å². The second kappa shape index (κ2) is 5.89. The third kappa shape index (κ3) is 2.96. The van der Waals surface area contributed by atoms with Gasteiger partial charge in [0, 0.05) is 39.8 Å². The van der Waals surface area contributed by atoms with Crippen LogP contribution in [0.2, 0.25) is 0 Å². The van der Waals surface area contributed by atoms with E-state index in [9.17, 15) is 4.79 Å². The fourth-order valence-corrected chi connectivity index (χ4v) is 2.32. The summed E-state index contributed by atoms with van der Waals surface area (Å²) in [6, 6.07) is 8.28. The maximum Gasteiger partial charge on any atom is 0.222 e. The third-order valence-electron chi connectivity index (χ3n) is 3.38. The van der Waals surface area contributed by atoms with E-state index in [-0.39, 0.29) is 5.91 Å². The molecular weight excluding hydrogens is 238 g/mol. The quantitative estimate of drug-likeness (QED) is 0.892. The zero-order chi connectivity index (χ0) is 13.8. The zero-order valence-corrected chi connectivity index (χ0v) is 11.6. The van der Waals surface area contributed by atoms with Gasteiger partial charge in [-0.05, 0) is 23.4 Å². The Morgan fingerprint density at radius 1 is 1.32 bits per heavy atom. The van der Waals surface area contributed by atoms with Crippen LogP contribution in [0.4, 0.5) is 0 Å². The van der Waals surface area contributed by atoms with Crippen LogP contribution in [-0.4, -0.2) is 29.5 Å². The van der Waals surface area contributed by atoms with Gasteiger partial charge in [-0.3, -0.25) is 4.79 Å². The van der Waals surface area contributed by atoms with E-state index in [4.69, 9.17) is 5.73 Å². The molecule has 0 bridgehead atoms. The number of hydrogen-bond acceptors (Lipinski definition) is 2. The van der Waals surface area contributed by atoms with Crippen LogP contribution in [0, 0.1) is 0 Å². The van der Waals surface area contributed by atoms with E-state index in [1.807, 2.05) is 6.07 Å². The highest BCUT2D eigenvalue weighted by Crippen LogP contribution is 2.20. The first-order valence-corrected chi connectivity index (χ1v) is 6.60. The predicted molar refractivity (Wildman–Crippen MR) is 77.8 cm³/mol. The first-order valence-electron chi connectivity index (χ1n) is 6.60. The summed E-state index contributed by atoms with van der Waals surface area (Å²) in [5.74, 6) is 0.176. The number of nitrogens with zero attached hydrogens (tertiary/aromatic N) is 2. The number of carbonyl (C=O) groups excluding carboxylic acids is 1. The predicted octanol–water partition coefficient (Wildman–Crippen LogP) is 1.97. The fourth-order valence-electron chi connectivity index (χ4n) is 2.32. The summed E-state index contributed by atoms with van der Waals surface area (Å²) in [6.07, 6.45) is 3.50. The number of carbonyl (C=O) groups is 1. The minimum Gasteiger partial charge on any atom is -0.349 e. The Hall–Kier alpha value is -1.81. The summed E-state index contributed by atoms with van der Waals surface area (Å²) < 4.78 is 2.19. The lowest BCUT2D eigenvalue weighted by Crippen LogP contribution is -2.21. The van der Waals surface area contributed by atoms with Crippen molar-refractivity contribution in [1.82, 2.24) is 9.47 Å². The van der Waals surface area contributed by atoms with Crippen molar-refractivity contribution in [2.75, 3.05) is 14.1 Å². The van der Waals surface area contributed by atoms with E-state index < -0.39 is 0 Å². The van der Waals surface area contributed by atoms with Gasteiger partial charge in [0.2, 0.25) is 5.91 Å². The molecule has 19 heavy (non-hydrogen) atoms. The molecule has 1 aromatic carbocycles. The topological polar surface area (TPSA) is 51.3 Å². The van der Waals surface area contributed by atoms with Crippen molar-refractivity contribution in [3.8, 4) is 0 Å². The van der Waals surface area contributed by atoms with E-state index in [1.165, 1.54) is 10.9 Å². The minimum atomic E-state index is 0.176. The van der Waals surface area contributed by atoms with E-state index in [2.05, 4.69) is 29.0 Å². The smallest absolute Gasteiger partial charge is 0.222 e. The van der Waals surface area contributed by atoms with Crippen LogP contribution < -0.4 is 5.73 Å². The van der Waals surface area contributed by atoms with Crippen molar-refractivity contribution < 1.29 is 4.79 Å². The van der Waals surface area contributed by atoms with Gasteiger partial charge >= 0.3 is 0 Å². The number of benzene rings is 1. The van der Waals surface area contributed by atoms with Gasteiger partial charge in [0.25, 0.3) is 0 Å². The Morgan fingerprint density at radius 3 is 2.79 bits per heavy atom. The maximum absolute atomic E-state index is 11.6. The van der Waals surface area contributed by atoms with Crippen LogP contribution in [-0.2, 0) is 17.9 Å². The molecule has 2 rings (SSSR count). The van der Waals surface area contributed by atoms with Crippen molar-refractivity contribution in [3.05, 3.63) is 36.0 Å². The van der Waals surface area contributed by atoms with Gasteiger partial charge < -0.3 is 15.2 Å². The molecule has 0 unspecified atom stereocenters. The summed E-state index contributed by atoms with van der Waals surface area (Å²) in [5.41, 5.74) is 8.14. The molecule has 0 saturated carbocycles. The molecular formula is C15H21N3O. The molecule has 0 fully saturated rings. The Bertz CT molecular complexity index is 572. The van der Waals surface area contributed by atoms with Gasteiger partial charge in [0.1, 0.15) is 0 Å². The molecule has 0 aliphatic rings. The van der Waals surface area contributed by atoms with E-state index in [0.29, 0.717) is 13.0 Å². The molecule has 0 spiro atoms. The average Bonchev–Trinajstić information content (AvgIpc) is 2.82. The molecule has 0 saturated heterocycles. The number of amides is 1. The highest BCUT2D eigenvalue weighted by molar-refractivity contribution is 5.83. The minimum absolute atomic E-state index is 0.176. The van der Waals surface area contributed by atoms with Crippen molar-refractivity contribution in [3.63, 3.8) is 0 Å². The lowest BCUT2D eigenvalue weighted by Gasteiger charge is -2.11. The van der Waals surface area contributed by atoms with Crippen LogP contribution in [0.15, 0.2) is 30.5 Å². The normalized spacial score (nSPS) is 10.9. The first-order chi connectivity index (χ1) is 9.13. The number of fused-ring (bicyclic) bond motifs is 1. The average molecular weight is 259 g/mol. The second-order valence-electron chi connectivity index (χ2n) is 4.96. The summed E-state index contributed by atoms with van der Waals surface area (Å²) in [6.45, 7) is 1.39. The lowest BCUT2D eigenvalue weighted by atomic mass is 10.1. The lowest BCUT2D eigenvalue weighted by molar-refractivity contribution is -0.128. The molecule has 0 aliphatic heterocycles. The number of aromatic nitrogens is 1. The summed E-state index contributed by atoms with van der Waals surface area (Å²) in [4.78, 5) is 13.2. The monoisotopic (exact) mass is 259 g/mol. The molecule has 1 heterocycles. The van der Waals surface area contributed by atoms with Crippen LogP contribution in [0.25, 0.3) is 10.9 Å². The van der Waals surface area contributed by atoms with E-state index in [1.54, 1.807) is 19.0 Å². The molecule has 2 aromatic rings. The van der Waals surface area contributed by atoms with Gasteiger partial charge in [-0.2, -0.15) is 0 Å². The highest BCUT2D eigenvalue weighted by atomic mass is 16.2. The number of hydrogen-bond donors (Lipinski definition) is 1. The molecule has 1 aromatic heterocycles. The largest absolute Gasteiger partial charge is 0.349 e. The first kappa shape index (κ1) is 13.6. The van der Waals surface area contributed by atoms with Crippen molar-refractivity contribution in [2.24, 2.45) is 5.73 Å². The molecule has 4 heteroatoms. The van der Waals surface area contributed by atoms with Gasteiger partial charge in [-0.15, -0.1) is 0 Å². The van der Waals surface area contributed by atoms with Crippen LogP contribution in [0.1, 0.15) is 18.4 Å². The molecule has 0 radical (unpaired) electrons. The number of aryl methyl sites for hydroxylation is 1. The van der Waals surface area contributed by atoms with Gasteiger partial charge in [-0.25, -0.2) is 0 Å². The zero-order valence-electron chi connectivity index (χ0n) is 11.6.